The van der Waals surface area contributed by atoms with Gasteiger partial charge in [0.15, 0.2) is 0 Å². The Labute approximate surface area is 298 Å². The van der Waals surface area contributed by atoms with Crippen LogP contribution in [0, 0.1) is 0 Å². The summed E-state index contributed by atoms with van der Waals surface area (Å²) in [6.07, 6.45) is 0. The van der Waals surface area contributed by atoms with Gasteiger partial charge in [0.05, 0.1) is 11.4 Å². The van der Waals surface area contributed by atoms with E-state index in [4.69, 9.17) is 23.2 Å². The van der Waals surface area contributed by atoms with Gasteiger partial charge in [0, 0.05) is 43.7 Å². The minimum atomic E-state index is -0.472. The third kappa shape index (κ3) is 9.50. The van der Waals surface area contributed by atoms with Crippen LogP contribution in [-0.2, 0) is 0 Å². The van der Waals surface area contributed by atoms with Gasteiger partial charge in [-0.15, -0.1) is 0 Å². The lowest BCUT2D eigenvalue weighted by Crippen LogP contribution is -2.21. The van der Waals surface area contributed by atoms with Crippen molar-refractivity contribution >= 4 is 69.6 Å². The summed E-state index contributed by atoms with van der Waals surface area (Å²) < 4.78 is 0. The first kappa shape index (κ1) is 35.2. The Bertz CT molecular complexity index is 1960. The Morgan fingerprint density at radius 1 is 0.440 bits per heavy atom. The monoisotopic (exact) mass is 704 g/mol. The van der Waals surface area contributed by atoms with Crippen LogP contribution >= 0.6 is 23.2 Å². The molecule has 0 fully saturated rings. The molecule has 5 rings (SSSR count). The SMILES string of the molecule is C/C(=N/NC(=O)c1ccc(C(=O)N/N=C(/C)c2cccc(NC(=O)c3ccc(Cl)cc3)c2)cc1)c1cccc(NC(=O)c2ccc(Cl)cc2)c1. The average molecular weight is 706 g/mol. The molecule has 0 aliphatic heterocycles. The van der Waals surface area contributed by atoms with Crippen molar-refractivity contribution in [2.24, 2.45) is 10.2 Å². The molecule has 5 aromatic carbocycles. The van der Waals surface area contributed by atoms with E-state index in [9.17, 15) is 19.2 Å². The van der Waals surface area contributed by atoms with Crippen molar-refractivity contribution in [3.8, 4) is 0 Å². The highest BCUT2D eigenvalue weighted by Gasteiger charge is 2.12. The maximum Gasteiger partial charge on any atom is 0.271 e. The lowest BCUT2D eigenvalue weighted by molar-refractivity contribution is 0.0943. The zero-order chi connectivity index (χ0) is 35.6. The van der Waals surface area contributed by atoms with Crippen LogP contribution in [0.2, 0.25) is 10.0 Å². The van der Waals surface area contributed by atoms with Crippen LogP contribution in [0.25, 0.3) is 0 Å². The fourth-order valence-corrected chi connectivity index (χ4v) is 4.81. The molecule has 0 unspecified atom stereocenters. The fourth-order valence-electron chi connectivity index (χ4n) is 4.55. The zero-order valence-corrected chi connectivity index (χ0v) is 28.3. The summed E-state index contributed by atoms with van der Waals surface area (Å²) in [5.41, 5.74) is 10.1. The number of amides is 4. The maximum atomic E-state index is 12.8. The number of rotatable bonds is 10. The molecule has 0 saturated heterocycles. The summed E-state index contributed by atoms with van der Waals surface area (Å²) in [6.45, 7) is 3.45. The van der Waals surface area contributed by atoms with E-state index in [0.29, 0.717) is 66.2 Å². The van der Waals surface area contributed by atoms with Crippen LogP contribution in [0.15, 0.2) is 132 Å². The minimum Gasteiger partial charge on any atom is -0.322 e. The molecule has 10 nitrogen and oxygen atoms in total. The van der Waals surface area contributed by atoms with Crippen LogP contribution in [0.5, 0.6) is 0 Å². The van der Waals surface area contributed by atoms with E-state index < -0.39 is 11.8 Å². The molecule has 0 aliphatic carbocycles. The summed E-state index contributed by atoms with van der Waals surface area (Å²) in [6, 6.07) is 33.2. The first-order valence-corrected chi connectivity index (χ1v) is 16.0. The number of benzene rings is 5. The Kier molecular flexibility index (Phi) is 11.5. The van der Waals surface area contributed by atoms with Gasteiger partial charge < -0.3 is 10.6 Å². The number of anilines is 2. The number of hydrogen-bond donors (Lipinski definition) is 4. The Balaban J connectivity index is 1.14. The van der Waals surface area contributed by atoms with Gasteiger partial charge in [-0.1, -0.05) is 47.5 Å². The molecule has 0 saturated carbocycles. The van der Waals surface area contributed by atoms with Crippen molar-refractivity contribution in [2.45, 2.75) is 13.8 Å². The van der Waals surface area contributed by atoms with Gasteiger partial charge in [-0.2, -0.15) is 10.2 Å². The predicted octanol–water partition coefficient (Wildman–Crippen LogP) is 7.81. The molecular formula is C38H30Cl2N6O4. The second-order valence-electron chi connectivity index (χ2n) is 10.9. The highest BCUT2D eigenvalue weighted by atomic mass is 35.5. The van der Waals surface area contributed by atoms with Gasteiger partial charge >= 0.3 is 0 Å². The van der Waals surface area contributed by atoms with E-state index in [2.05, 4.69) is 31.7 Å². The van der Waals surface area contributed by atoms with Gasteiger partial charge in [0.1, 0.15) is 0 Å². The molecular weight excluding hydrogens is 675 g/mol. The van der Waals surface area contributed by atoms with E-state index in [-0.39, 0.29) is 11.8 Å². The van der Waals surface area contributed by atoms with Crippen LogP contribution in [0.1, 0.15) is 66.4 Å². The van der Waals surface area contributed by atoms with Crippen LogP contribution < -0.4 is 21.5 Å². The van der Waals surface area contributed by atoms with Crippen molar-refractivity contribution < 1.29 is 19.2 Å². The summed E-state index contributed by atoms with van der Waals surface area (Å²) in [5, 5.41) is 15.1. The molecule has 0 atom stereocenters. The number of carbonyl (C=O) groups excluding carboxylic acids is 4. The molecule has 5 aromatic rings. The summed E-state index contributed by atoms with van der Waals surface area (Å²) >= 11 is 11.8. The Morgan fingerprint density at radius 3 is 1.12 bits per heavy atom. The second kappa shape index (κ2) is 16.3. The molecule has 250 valence electrons. The smallest absolute Gasteiger partial charge is 0.271 e. The van der Waals surface area contributed by atoms with Crippen molar-refractivity contribution in [3.05, 3.63) is 165 Å². The van der Waals surface area contributed by atoms with Gasteiger partial charge in [0.2, 0.25) is 0 Å². The molecule has 4 N–H and O–H groups in total. The molecule has 0 bridgehead atoms. The second-order valence-corrected chi connectivity index (χ2v) is 11.8. The molecule has 0 aromatic heterocycles. The van der Waals surface area contributed by atoms with Crippen LogP contribution in [0.3, 0.4) is 0 Å². The first-order valence-electron chi connectivity index (χ1n) is 15.2. The molecule has 50 heavy (non-hydrogen) atoms. The third-order valence-corrected chi connectivity index (χ3v) is 7.85. The number of carbonyl (C=O) groups is 4. The summed E-state index contributed by atoms with van der Waals surface area (Å²) in [4.78, 5) is 50.7. The van der Waals surface area contributed by atoms with Crippen LogP contribution in [-0.4, -0.2) is 35.1 Å². The highest BCUT2D eigenvalue weighted by molar-refractivity contribution is 6.31. The number of halogens is 2. The van der Waals surface area contributed by atoms with E-state index in [1.807, 2.05) is 0 Å². The normalized spacial score (nSPS) is 11.4. The molecule has 4 amide bonds. The van der Waals surface area contributed by atoms with Gasteiger partial charge in [-0.3, -0.25) is 19.2 Å². The van der Waals surface area contributed by atoms with Gasteiger partial charge in [-0.25, -0.2) is 10.9 Å². The van der Waals surface area contributed by atoms with Gasteiger partial charge in [0.25, 0.3) is 23.6 Å². The molecule has 0 heterocycles. The topological polar surface area (TPSA) is 141 Å². The highest BCUT2D eigenvalue weighted by Crippen LogP contribution is 2.17. The number of nitrogens with one attached hydrogen (secondary N) is 4. The molecule has 0 spiro atoms. The number of hydrogen-bond acceptors (Lipinski definition) is 6. The quantitative estimate of drug-likeness (QED) is 0.0869. The van der Waals surface area contributed by atoms with Crippen molar-refractivity contribution in [2.75, 3.05) is 10.6 Å². The molecule has 12 heteroatoms. The van der Waals surface area contributed by atoms with Gasteiger partial charge in [-0.05, 0) is 122 Å². The van der Waals surface area contributed by atoms with E-state index in [0.717, 1.165) is 0 Å². The zero-order valence-electron chi connectivity index (χ0n) is 26.8. The van der Waals surface area contributed by atoms with Crippen LogP contribution in [0.4, 0.5) is 11.4 Å². The van der Waals surface area contributed by atoms with Crippen molar-refractivity contribution in [1.82, 2.24) is 10.9 Å². The first-order chi connectivity index (χ1) is 24.0. The van der Waals surface area contributed by atoms with E-state index >= 15 is 0 Å². The van der Waals surface area contributed by atoms with Crippen molar-refractivity contribution in [3.63, 3.8) is 0 Å². The van der Waals surface area contributed by atoms with E-state index in [1.54, 1.807) is 111 Å². The standard InChI is InChI=1S/C38H30Cl2N6O4/c1-23(29-5-3-7-33(21-29)41-35(47)25-13-17-31(39)18-14-25)43-45-37(49)27-9-11-28(12-10-27)38(50)46-44-24(2)30-6-4-8-34(22-30)42-36(48)26-15-19-32(40)20-16-26/h3-22H,1-2H3,(H,41,47)(H,42,48)(H,45,49)(H,46,50)/b43-23-,44-24-. The average Bonchev–Trinajstić information content (AvgIpc) is 3.13. The third-order valence-electron chi connectivity index (χ3n) is 7.35. The van der Waals surface area contributed by atoms with E-state index in [1.165, 1.54) is 24.3 Å². The lowest BCUT2D eigenvalue weighted by atomic mass is 10.1. The fraction of sp³-hybridized carbons (Fsp3) is 0.0526. The predicted molar refractivity (Wildman–Crippen MR) is 197 cm³/mol. The number of hydrazone groups is 2. The molecule has 0 radical (unpaired) electrons. The Hall–Kier alpha value is -6.10. The lowest BCUT2D eigenvalue weighted by Gasteiger charge is -2.09. The number of nitrogens with zero attached hydrogens (tertiary/aromatic N) is 2. The minimum absolute atomic E-state index is 0.288. The van der Waals surface area contributed by atoms with Crippen molar-refractivity contribution in [1.29, 1.82) is 0 Å². The largest absolute Gasteiger partial charge is 0.322 e. The summed E-state index contributed by atoms with van der Waals surface area (Å²) in [5.74, 6) is -1.52. The Morgan fingerprint density at radius 2 is 0.760 bits per heavy atom. The molecule has 0 aliphatic rings. The maximum absolute atomic E-state index is 12.8. The summed E-state index contributed by atoms with van der Waals surface area (Å²) in [7, 11) is 0.